The van der Waals surface area contributed by atoms with E-state index in [2.05, 4.69) is 170 Å². The predicted molar refractivity (Wildman–Crippen MR) is 198 cm³/mol. The van der Waals surface area contributed by atoms with Gasteiger partial charge in [0.1, 0.15) is 0 Å². The lowest BCUT2D eigenvalue weighted by molar-refractivity contribution is 0.726. The summed E-state index contributed by atoms with van der Waals surface area (Å²) in [5.74, 6) is 0.591. The molecule has 3 aliphatic rings. The second-order valence-corrected chi connectivity index (χ2v) is 11.8. The molecule has 0 radical (unpaired) electrons. The SMILES string of the molecule is C=C/C=C(\C=C/CC1=CC(C)CC=C1)N(C(/C=C\C)=C/C=C/C1=CC=CCC1)c1ccc(Nc2ccc3c(c2)C=CCC3)cc1. The van der Waals surface area contributed by atoms with Crippen LogP contribution in [0.5, 0.6) is 0 Å². The van der Waals surface area contributed by atoms with Crippen LogP contribution in [0.3, 0.4) is 0 Å². The van der Waals surface area contributed by atoms with Gasteiger partial charge in [0.25, 0.3) is 0 Å². The van der Waals surface area contributed by atoms with Crippen LogP contribution < -0.4 is 10.2 Å². The maximum absolute atomic E-state index is 4.06. The number of benzene rings is 2. The number of rotatable bonds is 12. The number of fused-ring (bicyclic) bond motifs is 1. The number of hydrogen-bond acceptors (Lipinski definition) is 2. The molecule has 228 valence electrons. The van der Waals surface area contributed by atoms with Gasteiger partial charge >= 0.3 is 0 Å². The average molecular weight is 591 g/mol. The number of anilines is 3. The lowest BCUT2D eigenvalue weighted by Crippen LogP contribution is -2.20. The lowest BCUT2D eigenvalue weighted by Gasteiger charge is -2.27. The van der Waals surface area contributed by atoms with Crippen LogP contribution in [0.4, 0.5) is 17.1 Å². The summed E-state index contributed by atoms with van der Waals surface area (Å²) in [5.41, 5.74) is 10.8. The molecule has 0 fully saturated rings. The van der Waals surface area contributed by atoms with E-state index in [0.29, 0.717) is 5.92 Å². The molecule has 2 aromatic carbocycles. The van der Waals surface area contributed by atoms with E-state index in [0.717, 1.165) is 67.0 Å². The van der Waals surface area contributed by atoms with E-state index >= 15 is 0 Å². The lowest BCUT2D eigenvalue weighted by atomic mass is 9.96. The molecule has 0 spiro atoms. The third kappa shape index (κ3) is 9.09. The molecule has 0 aromatic heterocycles. The monoisotopic (exact) mass is 590 g/mol. The Morgan fingerprint density at radius 2 is 1.76 bits per heavy atom. The highest BCUT2D eigenvalue weighted by molar-refractivity contribution is 5.70. The molecule has 0 saturated heterocycles. The van der Waals surface area contributed by atoms with Gasteiger partial charge in [0.15, 0.2) is 0 Å². The Balaban J connectivity index is 1.45. The molecule has 0 saturated carbocycles. The third-order valence-corrected chi connectivity index (χ3v) is 8.18. The zero-order chi connectivity index (χ0) is 31.3. The summed E-state index contributed by atoms with van der Waals surface area (Å²) >= 11 is 0. The Hall–Kier alpha value is -4.82. The number of hydrogen-bond donors (Lipinski definition) is 1. The summed E-state index contributed by atoms with van der Waals surface area (Å²) in [6.07, 6.45) is 43.7. The van der Waals surface area contributed by atoms with E-state index in [9.17, 15) is 0 Å². The Morgan fingerprint density at radius 1 is 0.933 bits per heavy atom. The number of nitrogens with zero attached hydrogens (tertiary/aromatic N) is 1. The van der Waals surface area contributed by atoms with Crippen LogP contribution in [0.15, 0.2) is 169 Å². The number of nitrogens with one attached hydrogen (secondary N) is 1. The van der Waals surface area contributed by atoms with Gasteiger partial charge < -0.3 is 10.2 Å². The van der Waals surface area contributed by atoms with Crippen LogP contribution in [0.1, 0.15) is 57.1 Å². The summed E-state index contributed by atoms with van der Waals surface area (Å²) < 4.78 is 0. The van der Waals surface area contributed by atoms with Gasteiger partial charge in [-0.05, 0) is 134 Å². The van der Waals surface area contributed by atoms with Gasteiger partial charge in [-0.3, -0.25) is 0 Å². The molecule has 45 heavy (non-hydrogen) atoms. The molecule has 2 heteroatoms. The molecule has 2 nitrogen and oxygen atoms in total. The highest BCUT2D eigenvalue weighted by Crippen LogP contribution is 2.31. The van der Waals surface area contributed by atoms with Gasteiger partial charge in [0.2, 0.25) is 0 Å². The van der Waals surface area contributed by atoms with Crippen LogP contribution >= 0.6 is 0 Å². The fraction of sp³-hybridized carbons (Fsp3) is 0.209. The van der Waals surface area contributed by atoms with Crippen molar-refractivity contribution in [3.63, 3.8) is 0 Å². The summed E-state index contributed by atoms with van der Waals surface area (Å²) in [6.45, 7) is 8.41. The summed E-state index contributed by atoms with van der Waals surface area (Å²) in [6, 6.07) is 15.4. The largest absolute Gasteiger partial charge is 0.356 e. The van der Waals surface area contributed by atoms with Crippen LogP contribution in [-0.4, -0.2) is 0 Å². The van der Waals surface area contributed by atoms with Crippen LogP contribution in [0, 0.1) is 5.92 Å². The van der Waals surface area contributed by atoms with Crippen molar-refractivity contribution >= 4 is 23.1 Å². The van der Waals surface area contributed by atoms with Crippen molar-refractivity contribution in [2.75, 3.05) is 10.2 Å². The highest BCUT2D eigenvalue weighted by atomic mass is 15.1. The van der Waals surface area contributed by atoms with Crippen molar-refractivity contribution < 1.29 is 0 Å². The molecular formula is C43H46N2. The Morgan fingerprint density at radius 3 is 2.53 bits per heavy atom. The molecule has 0 bridgehead atoms. The zero-order valence-electron chi connectivity index (χ0n) is 26.8. The van der Waals surface area contributed by atoms with Crippen LogP contribution in [0.25, 0.3) is 6.08 Å². The van der Waals surface area contributed by atoms with E-state index < -0.39 is 0 Å². The molecule has 2 aromatic rings. The first-order valence-electron chi connectivity index (χ1n) is 16.3. The fourth-order valence-electron chi connectivity index (χ4n) is 5.92. The number of allylic oxidation sites excluding steroid dienone is 18. The van der Waals surface area contributed by atoms with Gasteiger partial charge in [-0.1, -0.05) is 98.6 Å². The summed E-state index contributed by atoms with van der Waals surface area (Å²) in [4.78, 5) is 2.30. The third-order valence-electron chi connectivity index (χ3n) is 8.18. The molecule has 5 rings (SSSR count). The van der Waals surface area contributed by atoms with Crippen molar-refractivity contribution in [1.29, 1.82) is 0 Å². The van der Waals surface area contributed by atoms with E-state index in [1.807, 2.05) is 6.08 Å². The van der Waals surface area contributed by atoms with Crippen LogP contribution in [-0.2, 0) is 6.42 Å². The molecule has 0 heterocycles. The van der Waals surface area contributed by atoms with Crippen molar-refractivity contribution in [2.45, 2.75) is 52.4 Å². The Labute approximate surface area is 271 Å². The predicted octanol–water partition coefficient (Wildman–Crippen LogP) is 12.0. The summed E-state index contributed by atoms with van der Waals surface area (Å²) in [5, 5.41) is 3.61. The van der Waals surface area contributed by atoms with Crippen LogP contribution in [0.2, 0.25) is 0 Å². The first-order chi connectivity index (χ1) is 22.1. The minimum atomic E-state index is 0.591. The van der Waals surface area contributed by atoms with E-state index in [1.165, 1.54) is 22.3 Å². The van der Waals surface area contributed by atoms with E-state index in [4.69, 9.17) is 0 Å². The smallest absolute Gasteiger partial charge is 0.0463 e. The maximum Gasteiger partial charge on any atom is 0.0463 e. The van der Waals surface area contributed by atoms with E-state index in [1.54, 1.807) is 0 Å². The first-order valence-corrected chi connectivity index (χ1v) is 16.3. The second-order valence-electron chi connectivity index (χ2n) is 11.8. The number of aryl methyl sites for hydroxylation is 1. The molecule has 1 unspecified atom stereocenters. The zero-order valence-corrected chi connectivity index (χ0v) is 26.8. The molecule has 1 atom stereocenters. The molecular weight excluding hydrogens is 544 g/mol. The molecule has 0 amide bonds. The molecule has 0 aliphatic heterocycles. The first kappa shape index (κ1) is 31.6. The minimum absolute atomic E-state index is 0.591. The van der Waals surface area contributed by atoms with E-state index in [-0.39, 0.29) is 0 Å². The van der Waals surface area contributed by atoms with Gasteiger partial charge in [0, 0.05) is 28.5 Å². The van der Waals surface area contributed by atoms with Crippen molar-refractivity contribution in [3.05, 3.63) is 180 Å². The maximum atomic E-state index is 4.06. The van der Waals surface area contributed by atoms with Gasteiger partial charge in [-0.25, -0.2) is 0 Å². The van der Waals surface area contributed by atoms with Crippen molar-refractivity contribution in [1.82, 2.24) is 0 Å². The highest BCUT2D eigenvalue weighted by Gasteiger charge is 2.14. The Kier molecular flexibility index (Phi) is 11.5. The topological polar surface area (TPSA) is 15.3 Å². The average Bonchev–Trinajstić information content (AvgIpc) is 3.06. The standard InChI is InChI=1S/C43H46N2/c1-4-14-41(24-12-19-35-17-7-6-8-18-35)45(42(15-5-2)25-13-21-36-20-11-16-34(3)32-36)43-30-28-39(29-31-43)44-40-27-26-37-22-9-10-23-38(37)33-40/h4-7,10-15,17,19-20,23-34,44H,2,8-9,16,18,21-22H2,1,3H3/b14-4-,19-12+,25-13-,41-24+,42-15+. The normalized spacial score (nSPS) is 18.4. The quantitative estimate of drug-likeness (QED) is 0.247. The minimum Gasteiger partial charge on any atom is -0.356 e. The van der Waals surface area contributed by atoms with Gasteiger partial charge in [-0.15, -0.1) is 0 Å². The van der Waals surface area contributed by atoms with Crippen molar-refractivity contribution in [2.24, 2.45) is 5.92 Å². The summed E-state index contributed by atoms with van der Waals surface area (Å²) in [7, 11) is 0. The second kappa shape index (κ2) is 16.3. The van der Waals surface area contributed by atoms with Gasteiger partial charge in [0.05, 0.1) is 0 Å². The molecule has 1 N–H and O–H groups in total. The molecule has 3 aliphatic carbocycles. The van der Waals surface area contributed by atoms with Crippen molar-refractivity contribution in [3.8, 4) is 0 Å². The Bertz CT molecular complexity index is 1640. The fourth-order valence-corrected chi connectivity index (χ4v) is 5.92. The van der Waals surface area contributed by atoms with Gasteiger partial charge in [-0.2, -0.15) is 0 Å².